The van der Waals surface area contributed by atoms with Crippen LogP contribution in [-0.2, 0) is 9.63 Å². The highest BCUT2D eigenvalue weighted by atomic mass is 79.9. The minimum Gasteiger partial charge on any atom is -0.340 e. The molecule has 0 heterocycles. The number of hydrogen-bond donors (Lipinski definition) is 1. The van der Waals surface area contributed by atoms with E-state index in [1.807, 2.05) is 5.48 Å². The summed E-state index contributed by atoms with van der Waals surface area (Å²) in [5.74, 6) is -1.82. The van der Waals surface area contributed by atoms with Crippen LogP contribution >= 0.6 is 15.9 Å². The van der Waals surface area contributed by atoms with E-state index in [4.69, 9.17) is 0 Å². The Balaban J connectivity index is 2.66. The standard InChI is InChI=1S/C12H13BrFNO3/c1-12(2,3)11(17)18-15-10(16)7-4-5-8(13)9(14)6-7/h4-6H,1-3H3,(H,15,16). The maximum absolute atomic E-state index is 13.2. The lowest BCUT2D eigenvalue weighted by Gasteiger charge is -2.15. The fraction of sp³-hybridized carbons (Fsp3) is 0.333. The summed E-state index contributed by atoms with van der Waals surface area (Å²) >= 11 is 2.97. The van der Waals surface area contributed by atoms with Gasteiger partial charge in [0.2, 0.25) is 0 Å². The summed E-state index contributed by atoms with van der Waals surface area (Å²) in [6.07, 6.45) is 0. The molecule has 1 amide bonds. The van der Waals surface area contributed by atoms with Gasteiger partial charge >= 0.3 is 5.97 Å². The lowest BCUT2D eigenvalue weighted by atomic mass is 9.98. The molecule has 0 aliphatic heterocycles. The molecular formula is C12H13BrFNO3. The fourth-order valence-corrected chi connectivity index (χ4v) is 1.19. The van der Waals surface area contributed by atoms with Crippen LogP contribution in [0, 0.1) is 11.2 Å². The van der Waals surface area contributed by atoms with Crippen molar-refractivity contribution in [2.45, 2.75) is 20.8 Å². The summed E-state index contributed by atoms with van der Waals surface area (Å²) in [4.78, 5) is 27.6. The van der Waals surface area contributed by atoms with Gasteiger partial charge in [0.15, 0.2) is 0 Å². The van der Waals surface area contributed by atoms with Crippen LogP contribution in [0.25, 0.3) is 0 Å². The van der Waals surface area contributed by atoms with Gasteiger partial charge < -0.3 is 4.84 Å². The van der Waals surface area contributed by atoms with E-state index < -0.39 is 23.1 Å². The average molecular weight is 318 g/mol. The van der Waals surface area contributed by atoms with Crippen molar-refractivity contribution in [3.63, 3.8) is 0 Å². The Hall–Kier alpha value is -1.43. The molecule has 18 heavy (non-hydrogen) atoms. The van der Waals surface area contributed by atoms with Crippen LogP contribution in [0.4, 0.5) is 4.39 Å². The normalized spacial score (nSPS) is 10.9. The van der Waals surface area contributed by atoms with E-state index in [-0.39, 0.29) is 10.0 Å². The van der Waals surface area contributed by atoms with Gasteiger partial charge in [-0.2, -0.15) is 5.48 Å². The predicted molar refractivity (Wildman–Crippen MR) is 67.1 cm³/mol. The van der Waals surface area contributed by atoms with Crippen LogP contribution in [0.3, 0.4) is 0 Å². The van der Waals surface area contributed by atoms with Gasteiger partial charge in [-0.1, -0.05) is 0 Å². The van der Waals surface area contributed by atoms with Crippen molar-refractivity contribution in [2.75, 3.05) is 0 Å². The van der Waals surface area contributed by atoms with Crippen molar-refractivity contribution in [2.24, 2.45) is 5.41 Å². The number of benzene rings is 1. The maximum Gasteiger partial charge on any atom is 0.337 e. The summed E-state index contributed by atoms with van der Waals surface area (Å²) < 4.78 is 13.4. The molecule has 98 valence electrons. The molecule has 0 bridgehead atoms. The Labute approximate surface area is 113 Å². The molecule has 6 heteroatoms. The number of carbonyl (C=O) groups excluding carboxylic acids is 2. The minimum absolute atomic E-state index is 0.0670. The molecule has 1 aromatic rings. The Morgan fingerprint density at radius 3 is 2.44 bits per heavy atom. The van der Waals surface area contributed by atoms with Gasteiger partial charge in [-0.3, -0.25) is 4.79 Å². The average Bonchev–Trinajstić information content (AvgIpc) is 2.27. The van der Waals surface area contributed by atoms with E-state index in [0.29, 0.717) is 0 Å². The van der Waals surface area contributed by atoms with Gasteiger partial charge in [0.1, 0.15) is 5.82 Å². The number of nitrogens with one attached hydrogen (secondary N) is 1. The van der Waals surface area contributed by atoms with E-state index in [2.05, 4.69) is 20.8 Å². The van der Waals surface area contributed by atoms with Gasteiger partial charge in [-0.15, -0.1) is 0 Å². The Bertz CT molecular complexity index is 483. The number of amides is 1. The van der Waals surface area contributed by atoms with E-state index in [9.17, 15) is 14.0 Å². The van der Waals surface area contributed by atoms with Gasteiger partial charge in [0.25, 0.3) is 5.91 Å². The molecule has 0 aliphatic carbocycles. The van der Waals surface area contributed by atoms with E-state index in [0.717, 1.165) is 6.07 Å². The zero-order valence-electron chi connectivity index (χ0n) is 10.2. The first kappa shape index (κ1) is 14.6. The molecule has 0 unspecified atom stereocenters. The molecule has 0 saturated carbocycles. The van der Waals surface area contributed by atoms with E-state index in [1.165, 1.54) is 12.1 Å². The predicted octanol–water partition coefficient (Wildman–Crippen LogP) is 2.82. The monoisotopic (exact) mass is 317 g/mol. The second-order valence-corrected chi connectivity index (χ2v) is 5.55. The lowest BCUT2D eigenvalue weighted by molar-refractivity contribution is -0.158. The van der Waals surface area contributed by atoms with Crippen molar-refractivity contribution in [3.05, 3.63) is 34.1 Å². The summed E-state index contributed by atoms with van der Waals surface area (Å²) in [5.41, 5.74) is 1.32. The molecule has 4 nitrogen and oxygen atoms in total. The molecular weight excluding hydrogens is 305 g/mol. The fourth-order valence-electron chi connectivity index (χ4n) is 0.942. The molecule has 0 aromatic heterocycles. The van der Waals surface area contributed by atoms with Crippen LogP contribution in [0.1, 0.15) is 31.1 Å². The molecule has 0 atom stereocenters. The Kier molecular flexibility index (Phi) is 4.45. The third kappa shape index (κ3) is 3.80. The van der Waals surface area contributed by atoms with E-state index in [1.54, 1.807) is 20.8 Å². The summed E-state index contributed by atoms with van der Waals surface area (Å²) in [7, 11) is 0. The van der Waals surface area contributed by atoms with Gasteiger partial charge in [-0.05, 0) is 54.9 Å². The topological polar surface area (TPSA) is 55.4 Å². The second-order valence-electron chi connectivity index (χ2n) is 4.70. The van der Waals surface area contributed by atoms with Crippen LogP contribution in [-0.4, -0.2) is 11.9 Å². The highest BCUT2D eigenvalue weighted by Crippen LogP contribution is 2.17. The van der Waals surface area contributed by atoms with Crippen LogP contribution < -0.4 is 5.48 Å². The molecule has 0 radical (unpaired) electrons. The quantitative estimate of drug-likeness (QED) is 0.810. The first-order valence-corrected chi connectivity index (χ1v) is 5.98. The van der Waals surface area contributed by atoms with Crippen molar-refractivity contribution >= 4 is 27.8 Å². The van der Waals surface area contributed by atoms with Crippen molar-refractivity contribution in [3.8, 4) is 0 Å². The minimum atomic E-state index is -0.724. The summed E-state index contributed by atoms with van der Waals surface area (Å²) in [6.45, 7) is 4.96. The van der Waals surface area contributed by atoms with Crippen molar-refractivity contribution in [1.29, 1.82) is 0 Å². The zero-order chi connectivity index (χ0) is 13.9. The third-order valence-electron chi connectivity index (χ3n) is 2.03. The Morgan fingerprint density at radius 2 is 1.94 bits per heavy atom. The lowest BCUT2D eigenvalue weighted by Crippen LogP contribution is -2.33. The van der Waals surface area contributed by atoms with Gasteiger partial charge in [0.05, 0.1) is 9.89 Å². The summed E-state index contributed by atoms with van der Waals surface area (Å²) in [5, 5.41) is 0. The van der Waals surface area contributed by atoms with Crippen LogP contribution in [0.2, 0.25) is 0 Å². The Morgan fingerprint density at radius 1 is 1.33 bits per heavy atom. The van der Waals surface area contributed by atoms with Crippen LogP contribution in [0.5, 0.6) is 0 Å². The number of rotatable bonds is 1. The molecule has 0 fully saturated rings. The smallest absolute Gasteiger partial charge is 0.337 e. The van der Waals surface area contributed by atoms with Crippen molar-refractivity contribution in [1.82, 2.24) is 5.48 Å². The van der Waals surface area contributed by atoms with Gasteiger partial charge in [0, 0.05) is 5.56 Å². The number of carbonyl (C=O) groups is 2. The largest absolute Gasteiger partial charge is 0.340 e. The maximum atomic E-state index is 13.2. The van der Waals surface area contributed by atoms with Crippen LogP contribution in [0.15, 0.2) is 22.7 Å². The molecule has 0 spiro atoms. The molecule has 0 aliphatic rings. The third-order valence-corrected chi connectivity index (χ3v) is 2.67. The van der Waals surface area contributed by atoms with Gasteiger partial charge in [-0.25, -0.2) is 9.18 Å². The van der Waals surface area contributed by atoms with Crippen molar-refractivity contribution < 1.29 is 18.8 Å². The molecule has 1 N–H and O–H groups in total. The first-order valence-electron chi connectivity index (χ1n) is 5.18. The SMILES string of the molecule is CC(C)(C)C(=O)ONC(=O)c1ccc(Br)c(F)c1. The second kappa shape index (κ2) is 5.48. The highest BCUT2D eigenvalue weighted by molar-refractivity contribution is 9.10. The number of hydroxylamine groups is 1. The molecule has 1 rings (SSSR count). The molecule has 1 aromatic carbocycles. The molecule has 0 saturated heterocycles. The highest BCUT2D eigenvalue weighted by Gasteiger charge is 2.24. The number of hydrogen-bond acceptors (Lipinski definition) is 3. The first-order chi connectivity index (χ1) is 8.21. The number of halogens is 2. The van der Waals surface area contributed by atoms with E-state index >= 15 is 0 Å². The summed E-state index contributed by atoms with van der Waals surface area (Å²) in [6, 6.07) is 3.85. The zero-order valence-corrected chi connectivity index (χ0v) is 11.8.